The van der Waals surface area contributed by atoms with Gasteiger partial charge in [-0.3, -0.25) is 4.79 Å². The van der Waals surface area contributed by atoms with Crippen LogP contribution in [0.1, 0.15) is 19.3 Å². The second-order valence-electron chi connectivity index (χ2n) is 4.88. The summed E-state index contributed by atoms with van der Waals surface area (Å²) in [5.41, 5.74) is -0.680. The summed E-state index contributed by atoms with van der Waals surface area (Å²) >= 11 is 1.92. The van der Waals surface area contributed by atoms with Crippen LogP contribution in [0.4, 0.5) is 4.79 Å². The Balaban J connectivity index is 1.62. The summed E-state index contributed by atoms with van der Waals surface area (Å²) < 4.78 is 0. The highest BCUT2D eigenvalue weighted by atomic mass is 32.2. The highest BCUT2D eigenvalue weighted by Gasteiger charge is 2.50. The minimum Gasteiger partial charge on any atom is -0.481 e. The third kappa shape index (κ3) is 3.28. The molecule has 1 aliphatic carbocycles. The van der Waals surface area contributed by atoms with Crippen molar-refractivity contribution >= 4 is 23.8 Å². The van der Waals surface area contributed by atoms with E-state index in [0.717, 1.165) is 12.2 Å². The predicted molar refractivity (Wildman–Crippen MR) is 66.1 cm³/mol. The molecule has 0 aromatic heterocycles. The van der Waals surface area contributed by atoms with Crippen molar-refractivity contribution in [3.05, 3.63) is 0 Å². The van der Waals surface area contributed by atoms with Crippen LogP contribution in [0.25, 0.3) is 0 Å². The number of carbonyl (C=O) groups is 2. The molecule has 96 valence electrons. The number of carboxylic acid groups (broad SMARTS) is 1. The van der Waals surface area contributed by atoms with Gasteiger partial charge in [0.05, 0.1) is 5.41 Å². The zero-order valence-electron chi connectivity index (χ0n) is 9.70. The van der Waals surface area contributed by atoms with Crippen LogP contribution in [0.3, 0.4) is 0 Å². The Morgan fingerprint density at radius 1 is 1.35 bits per heavy atom. The van der Waals surface area contributed by atoms with Gasteiger partial charge < -0.3 is 15.7 Å². The minimum atomic E-state index is -0.801. The minimum absolute atomic E-state index is 0.241. The van der Waals surface area contributed by atoms with Crippen molar-refractivity contribution in [1.82, 2.24) is 10.6 Å². The van der Waals surface area contributed by atoms with Crippen molar-refractivity contribution in [2.24, 2.45) is 11.3 Å². The van der Waals surface area contributed by atoms with E-state index in [1.165, 1.54) is 5.75 Å². The number of hydrogen-bond acceptors (Lipinski definition) is 3. The number of aliphatic carboxylic acids is 1. The number of hydrogen-bond donors (Lipinski definition) is 3. The quantitative estimate of drug-likeness (QED) is 0.684. The molecule has 6 heteroatoms. The van der Waals surface area contributed by atoms with Gasteiger partial charge in [-0.1, -0.05) is 0 Å². The molecule has 17 heavy (non-hydrogen) atoms. The number of thioether (sulfide) groups is 1. The molecule has 2 rings (SSSR count). The van der Waals surface area contributed by atoms with E-state index in [2.05, 4.69) is 10.6 Å². The Hall–Kier alpha value is -0.910. The average molecular weight is 258 g/mol. The van der Waals surface area contributed by atoms with Crippen molar-refractivity contribution in [2.45, 2.75) is 19.3 Å². The second-order valence-corrected chi connectivity index (χ2v) is 6.03. The van der Waals surface area contributed by atoms with Crippen molar-refractivity contribution < 1.29 is 14.7 Å². The maximum Gasteiger partial charge on any atom is 0.314 e. The molecule has 1 aliphatic heterocycles. The van der Waals surface area contributed by atoms with Crippen LogP contribution in [-0.4, -0.2) is 41.7 Å². The van der Waals surface area contributed by atoms with E-state index in [9.17, 15) is 9.59 Å². The van der Waals surface area contributed by atoms with Crippen LogP contribution < -0.4 is 10.6 Å². The summed E-state index contributed by atoms with van der Waals surface area (Å²) in [6, 6.07) is -0.241. The van der Waals surface area contributed by atoms with Gasteiger partial charge in [0, 0.05) is 13.1 Å². The Morgan fingerprint density at radius 2 is 2.12 bits per heavy atom. The smallest absolute Gasteiger partial charge is 0.314 e. The maximum atomic E-state index is 11.5. The van der Waals surface area contributed by atoms with Gasteiger partial charge in [0.2, 0.25) is 0 Å². The summed E-state index contributed by atoms with van der Waals surface area (Å²) in [7, 11) is 0. The molecule has 2 fully saturated rings. The highest BCUT2D eigenvalue weighted by Crippen LogP contribution is 2.45. The van der Waals surface area contributed by atoms with E-state index in [0.29, 0.717) is 25.3 Å². The molecule has 5 nitrogen and oxygen atoms in total. The molecule has 1 unspecified atom stereocenters. The monoisotopic (exact) mass is 258 g/mol. The second kappa shape index (κ2) is 5.16. The molecule has 0 spiro atoms. The molecule has 3 N–H and O–H groups in total. The molecule has 1 heterocycles. The third-order valence-corrected chi connectivity index (χ3v) is 4.70. The van der Waals surface area contributed by atoms with E-state index < -0.39 is 11.4 Å². The molecule has 0 aromatic carbocycles. The largest absolute Gasteiger partial charge is 0.481 e. The zero-order valence-corrected chi connectivity index (χ0v) is 10.5. The van der Waals surface area contributed by atoms with Crippen LogP contribution in [0, 0.1) is 11.3 Å². The number of carboxylic acids is 1. The Bertz CT molecular complexity index is 312. The molecule has 1 saturated carbocycles. The first kappa shape index (κ1) is 12.5. The fourth-order valence-corrected chi connectivity index (χ4v) is 3.19. The van der Waals surface area contributed by atoms with Crippen LogP contribution in [0.2, 0.25) is 0 Å². The standard InChI is InChI=1S/C11H18N2O3S/c14-9(15)11(2-3-11)7-13-10(16)12-5-8-1-4-17-6-8/h8H,1-7H2,(H,14,15)(H2,12,13,16). The summed E-state index contributed by atoms with van der Waals surface area (Å²) in [6.45, 7) is 0.937. The molecular weight excluding hydrogens is 240 g/mol. The van der Waals surface area contributed by atoms with Gasteiger partial charge in [-0.25, -0.2) is 4.79 Å². The topological polar surface area (TPSA) is 78.4 Å². The van der Waals surface area contributed by atoms with E-state index in [1.54, 1.807) is 0 Å². The van der Waals surface area contributed by atoms with Crippen molar-refractivity contribution in [3.63, 3.8) is 0 Å². The first-order chi connectivity index (χ1) is 8.12. The van der Waals surface area contributed by atoms with Crippen LogP contribution in [0.5, 0.6) is 0 Å². The van der Waals surface area contributed by atoms with Gasteiger partial charge in [0.1, 0.15) is 0 Å². The number of carbonyl (C=O) groups excluding carboxylic acids is 1. The molecule has 0 aromatic rings. The van der Waals surface area contributed by atoms with E-state index in [-0.39, 0.29) is 12.6 Å². The van der Waals surface area contributed by atoms with Gasteiger partial charge in [-0.2, -0.15) is 11.8 Å². The van der Waals surface area contributed by atoms with Crippen molar-refractivity contribution in [3.8, 4) is 0 Å². The van der Waals surface area contributed by atoms with E-state index in [1.807, 2.05) is 11.8 Å². The molecule has 0 bridgehead atoms. The normalized spacial score (nSPS) is 25.3. The first-order valence-electron chi connectivity index (χ1n) is 5.95. The van der Waals surface area contributed by atoms with Crippen molar-refractivity contribution in [2.75, 3.05) is 24.6 Å². The van der Waals surface area contributed by atoms with Gasteiger partial charge in [-0.05, 0) is 36.7 Å². The Kier molecular flexibility index (Phi) is 3.81. The maximum absolute atomic E-state index is 11.5. The van der Waals surface area contributed by atoms with Crippen LogP contribution in [0.15, 0.2) is 0 Å². The van der Waals surface area contributed by atoms with Crippen LogP contribution in [-0.2, 0) is 4.79 Å². The van der Waals surface area contributed by atoms with Crippen LogP contribution >= 0.6 is 11.8 Å². The molecule has 1 atom stereocenters. The SMILES string of the molecule is O=C(NCC1CCSC1)NCC1(C(=O)O)CC1. The fourth-order valence-electron chi connectivity index (χ4n) is 1.91. The Labute approximate surface area is 105 Å². The fraction of sp³-hybridized carbons (Fsp3) is 0.818. The van der Waals surface area contributed by atoms with Gasteiger partial charge in [-0.15, -0.1) is 0 Å². The van der Waals surface area contributed by atoms with E-state index in [4.69, 9.17) is 5.11 Å². The summed E-state index contributed by atoms with van der Waals surface area (Å²) in [5.74, 6) is 2.06. The number of nitrogens with one attached hydrogen (secondary N) is 2. The lowest BCUT2D eigenvalue weighted by Crippen LogP contribution is -2.42. The lowest BCUT2D eigenvalue weighted by Gasteiger charge is -2.13. The third-order valence-electron chi connectivity index (χ3n) is 3.47. The van der Waals surface area contributed by atoms with Gasteiger partial charge >= 0.3 is 12.0 Å². The molecular formula is C11H18N2O3S. The Morgan fingerprint density at radius 3 is 2.65 bits per heavy atom. The number of rotatable bonds is 5. The van der Waals surface area contributed by atoms with Crippen molar-refractivity contribution in [1.29, 1.82) is 0 Å². The first-order valence-corrected chi connectivity index (χ1v) is 7.11. The van der Waals surface area contributed by atoms with Gasteiger partial charge in [0.15, 0.2) is 0 Å². The molecule has 2 aliphatic rings. The number of urea groups is 1. The molecule has 1 saturated heterocycles. The van der Waals surface area contributed by atoms with E-state index >= 15 is 0 Å². The predicted octanol–water partition coefficient (Wildman–Crippen LogP) is 0.903. The zero-order chi connectivity index (χ0) is 12.3. The molecule has 2 amide bonds. The average Bonchev–Trinajstić information content (AvgIpc) is 2.93. The lowest BCUT2D eigenvalue weighted by molar-refractivity contribution is -0.143. The summed E-state index contributed by atoms with van der Waals surface area (Å²) in [4.78, 5) is 22.4. The summed E-state index contributed by atoms with van der Waals surface area (Å²) in [6.07, 6.45) is 2.49. The summed E-state index contributed by atoms with van der Waals surface area (Å²) in [5, 5.41) is 14.4. The van der Waals surface area contributed by atoms with Gasteiger partial charge in [0.25, 0.3) is 0 Å². The highest BCUT2D eigenvalue weighted by molar-refractivity contribution is 7.99. The number of amides is 2. The lowest BCUT2D eigenvalue weighted by atomic mass is 10.1. The molecule has 0 radical (unpaired) electrons.